The maximum Gasteiger partial charge on any atom is 0.328 e. The molecule has 0 aliphatic rings. The number of amides is 1. The Morgan fingerprint density at radius 2 is 2.05 bits per heavy atom. The minimum absolute atomic E-state index is 0.341. The number of tetrazole rings is 1. The van der Waals surface area contributed by atoms with Crippen LogP contribution in [0.25, 0.3) is 11.4 Å². The van der Waals surface area contributed by atoms with E-state index >= 15 is 0 Å². The van der Waals surface area contributed by atoms with E-state index in [0.29, 0.717) is 5.82 Å². The third kappa shape index (κ3) is 3.84. The van der Waals surface area contributed by atoms with Gasteiger partial charge in [0.1, 0.15) is 13.2 Å². The lowest BCUT2D eigenvalue weighted by Gasteiger charge is -2.09. The highest BCUT2D eigenvalue weighted by molar-refractivity contribution is 5.83. The number of halogens is 1. The highest BCUT2D eigenvalue weighted by Crippen LogP contribution is 2.13. The average Bonchev–Trinajstić information content (AvgIpc) is 2.93. The maximum absolute atomic E-state index is 12.4. The van der Waals surface area contributed by atoms with Crippen molar-refractivity contribution in [3.63, 3.8) is 0 Å². The molecule has 0 aliphatic heterocycles. The quantitative estimate of drug-likeness (QED) is 0.788. The predicted molar refractivity (Wildman–Crippen MR) is 73.5 cm³/mol. The van der Waals surface area contributed by atoms with Gasteiger partial charge in [-0.25, -0.2) is 9.18 Å². The molecule has 0 bridgehead atoms. The minimum atomic E-state index is -1.58. The third-order valence-electron chi connectivity index (χ3n) is 2.84. The van der Waals surface area contributed by atoms with Crippen LogP contribution in [-0.4, -0.2) is 49.9 Å². The normalized spacial score (nSPS) is 11.9. The number of benzene rings is 1. The summed E-state index contributed by atoms with van der Waals surface area (Å²) in [6, 6.07) is 5.84. The monoisotopic (exact) mass is 307 g/mol. The number of carbonyl (C=O) groups excluding carboxylic acids is 1. The molecular formula is C13H14FN5O3. The molecule has 1 aromatic heterocycles. The summed E-state index contributed by atoms with van der Waals surface area (Å²) in [5.74, 6) is -1.81. The molecule has 0 spiro atoms. The van der Waals surface area contributed by atoms with Crippen LogP contribution in [0, 0.1) is 6.92 Å². The summed E-state index contributed by atoms with van der Waals surface area (Å²) in [6.45, 7) is 0.408. The fourth-order valence-corrected chi connectivity index (χ4v) is 1.66. The molecule has 1 aromatic carbocycles. The zero-order valence-electron chi connectivity index (χ0n) is 11.7. The lowest BCUT2D eigenvalue weighted by molar-refractivity contribution is -0.142. The van der Waals surface area contributed by atoms with Crippen LogP contribution >= 0.6 is 0 Å². The van der Waals surface area contributed by atoms with Crippen LogP contribution in [0.5, 0.6) is 0 Å². The molecule has 2 aromatic rings. The molecule has 0 fully saturated rings. The van der Waals surface area contributed by atoms with Gasteiger partial charge in [0.05, 0.1) is 0 Å². The first-order valence-corrected chi connectivity index (χ1v) is 6.42. The van der Waals surface area contributed by atoms with Gasteiger partial charge in [0, 0.05) is 5.56 Å². The van der Waals surface area contributed by atoms with Crippen LogP contribution in [-0.2, 0) is 16.1 Å². The molecule has 1 atom stereocenters. The van der Waals surface area contributed by atoms with Crippen LogP contribution in [0.2, 0.25) is 0 Å². The maximum atomic E-state index is 12.4. The van der Waals surface area contributed by atoms with Crippen molar-refractivity contribution in [1.82, 2.24) is 25.5 Å². The Morgan fingerprint density at radius 3 is 2.64 bits per heavy atom. The summed E-state index contributed by atoms with van der Waals surface area (Å²) >= 11 is 0. The zero-order valence-corrected chi connectivity index (χ0v) is 11.7. The number of nitrogens with zero attached hydrogens (tertiary/aromatic N) is 4. The Balaban J connectivity index is 2.01. The summed E-state index contributed by atoms with van der Waals surface area (Å²) in [7, 11) is 0. The first kappa shape index (κ1) is 15.5. The summed E-state index contributed by atoms with van der Waals surface area (Å²) in [5, 5.41) is 22.2. The second-order valence-corrected chi connectivity index (χ2v) is 4.62. The lowest BCUT2D eigenvalue weighted by Crippen LogP contribution is -2.43. The van der Waals surface area contributed by atoms with Crippen LogP contribution in [0.3, 0.4) is 0 Å². The molecule has 0 saturated carbocycles. The lowest BCUT2D eigenvalue weighted by atomic mass is 10.1. The van der Waals surface area contributed by atoms with Gasteiger partial charge in [0.25, 0.3) is 0 Å². The number of alkyl halides is 1. The largest absolute Gasteiger partial charge is 0.480 e. The molecule has 2 rings (SSSR count). The van der Waals surface area contributed by atoms with Crippen molar-refractivity contribution >= 4 is 11.9 Å². The zero-order chi connectivity index (χ0) is 16.1. The molecule has 9 heteroatoms. The van der Waals surface area contributed by atoms with Gasteiger partial charge in [-0.1, -0.05) is 29.8 Å². The molecule has 1 unspecified atom stereocenters. The van der Waals surface area contributed by atoms with Crippen molar-refractivity contribution in [1.29, 1.82) is 0 Å². The van der Waals surface area contributed by atoms with Gasteiger partial charge in [0.2, 0.25) is 11.7 Å². The van der Waals surface area contributed by atoms with E-state index < -0.39 is 24.6 Å². The number of hydrogen-bond acceptors (Lipinski definition) is 5. The second-order valence-electron chi connectivity index (χ2n) is 4.62. The van der Waals surface area contributed by atoms with E-state index in [0.717, 1.165) is 15.9 Å². The third-order valence-corrected chi connectivity index (χ3v) is 2.84. The molecule has 0 aliphatic carbocycles. The van der Waals surface area contributed by atoms with Crippen molar-refractivity contribution in [2.75, 3.05) is 6.67 Å². The van der Waals surface area contributed by atoms with Crippen molar-refractivity contribution in [3.05, 3.63) is 29.8 Å². The van der Waals surface area contributed by atoms with E-state index in [9.17, 15) is 14.0 Å². The number of carbonyl (C=O) groups is 2. The molecule has 2 N–H and O–H groups in total. The Hall–Kier alpha value is -2.84. The molecule has 1 amide bonds. The van der Waals surface area contributed by atoms with E-state index in [1.165, 1.54) is 0 Å². The summed E-state index contributed by atoms with van der Waals surface area (Å²) < 4.78 is 12.4. The van der Waals surface area contributed by atoms with Gasteiger partial charge in [-0.15, -0.1) is 10.2 Å². The first-order valence-electron chi connectivity index (χ1n) is 6.42. The highest BCUT2D eigenvalue weighted by Gasteiger charge is 2.20. The predicted octanol–water partition coefficient (Wildman–Crippen LogP) is 0.187. The van der Waals surface area contributed by atoms with Crippen molar-refractivity contribution < 1.29 is 19.1 Å². The smallest absolute Gasteiger partial charge is 0.328 e. The van der Waals surface area contributed by atoms with E-state index in [1.54, 1.807) is 0 Å². The topological polar surface area (TPSA) is 110 Å². The Morgan fingerprint density at radius 1 is 1.36 bits per heavy atom. The second kappa shape index (κ2) is 6.74. The molecule has 1 heterocycles. The first-order chi connectivity index (χ1) is 10.5. The number of nitrogens with one attached hydrogen (secondary N) is 1. The molecular weight excluding hydrogens is 293 g/mol. The molecule has 0 saturated heterocycles. The number of rotatable bonds is 6. The number of aliphatic carboxylic acids is 1. The standard InChI is InChI=1S/C13H14FN5O3/c1-8-2-4-9(5-3-8)12-16-18-19(17-12)7-11(20)15-10(6-14)13(21)22/h2-5,10H,6-7H2,1H3,(H,15,20)(H,21,22). The van der Waals surface area contributed by atoms with E-state index in [-0.39, 0.29) is 6.54 Å². The van der Waals surface area contributed by atoms with E-state index in [2.05, 4.69) is 15.4 Å². The summed E-state index contributed by atoms with van der Waals surface area (Å²) in [5.41, 5.74) is 1.82. The van der Waals surface area contributed by atoms with E-state index in [4.69, 9.17) is 5.11 Å². The van der Waals surface area contributed by atoms with Gasteiger partial charge >= 0.3 is 5.97 Å². The fourth-order valence-electron chi connectivity index (χ4n) is 1.66. The fraction of sp³-hybridized carbons (Fsp3) is 0.308. The number of aryl methyl sites for hydroxylation is 1. The minimum Gasteiger partial charge on any atom is -0.480 e. The van der Waals surface area contributed by atoms with Gasteiger partial charge in [-0.05, 0) is 12.1 Å². The molecule has 0 radical (unpaired) electrons. The summed E-state index contributed by atoms with van der Waals surface area (Å²) in [6.07, 6.45) is 0. The summed E-state index contributed by atoms with van der Waals surface area (Å²) in [4.78, 5) is 23.3. The van der Waals surface area contributed by atoms with Gasteiger partial charge in [0.15, 0.2) is 6.04 Å². The van der Waals surface area contributed by atoms with Crippen LogP contribution in [0.4, 0.5) is 4.39 Å². The van der Waals surface area contributed by atoms with Crippen LogP contribution in [0.1, 0.15) is 5.56 Å². The van der Waals surface area contributed by atoms with Crippen molar-refractivity contribution in [3.8, 4) is 11.4 Å². The number of carboxylic acids is 1. The Bertz CT molecular complexity index is 671. The van der Waals surface area contributed by atoms with Crippen molar-refractivity contribution in [2.24, 2.45) is 0 Å². The molecule has 116 valence electrons. The van der Waals surface area contributed by atoms with Gasteiger partial charge in [-0.3, -0.25) is 4.79 Å². The van der Waals surface area contributed by atoms with Crippen LogP contribution < -0.4 is 5.32 Å². The molecule has 8 nitrogen and oxygen atoms in total. The Labute approximate surface area is 124 Å². The Kier molecular flexibility index (Phi) is 4.77. The number of hydrogen-bond donors (Lipinski definition) is 2. The highest BCUT2D eigenvalue weighted by atomic mass is 19.1. The number of carboxylic acid groups (broad SMARTS) is 1. The van der Waals surface area contributed by atoms with Crippen molar-refractivity contribution in [2.45, 2.75) is 19.5 Å². The van der Waals surface area contributed by atoms with Gasteiger partial charge < -0.3 is 10.4 Å². The number of aromatic nitrogens is 4. The van der Waals surface area contributed by atoms with Gasteiger partial charge in [-0.2, -0.15) is 4.80 Å². The molecule has 22 heavy (non-hydrogen) atoms. The van der Waals surface area contributed by atoms with E-state index in [1.807, 2.05) is 36.5 Å². The average molecular weight is 307 g/mol. The van der Waals surface area contributed by atoms with Crippen LogP contribution in [0.15, 0.2) is 24.3 Å². The SMILES string of the molecule is Cc1ccc(-c2nnn(CC(=O)NC(CF)C(=O)O)n2)cc1.